The number of benzene rings is 1. The third-order valence-electron chi connectivity index (χ3n) is 7.00. The predicted octanol–water partition coefficient (Wildman–Crippen LogP) is 4.26. The number of amides is 2. The maximum atomic E-state index is 15.7. The number of aliphatic hydroxyl groups excluding tert-OH is 1. The quantitative estimate of drug-likeness (QED) is 0.283. The summed E-state index contributed by atoms with van der Waals surface area (Å²) in [5.41, 5.74) is -0.915. The molecule has 11 nitrogen and oxygen atoms in total. The molecule has 41 heavy (non-hydrogen) atoms. The molecule has 1 unspecified atom stereocenters. The number of hydrogen-bond acceptors (Lipinski definition) is 8. The molecule has 3 N–H and O–H groups in total. The SMILES string of the molecule is C=C1C=CN([C@@H]2O[C@H](COP(=O)(N[C@@H](C)C(=O)OC(C)(C)C)Oc3cccc4c3CCCC4)[C@@H](O)[C@@]2(C)F)C(=O)N1. The Labute approximate surface area is 239 Å². The van der Waals surface area contributed by atoms with Crippen LogP contribution in [0.25, 0.3) is 0 Å². The van der Waals surface area contributed by atoms with Crippen LogP contribution in [0.5, 0.6) is 5.75 Å². The second-order valence-corrected chi connectivity index (χ2v) is 13.4. The molecule has 1 aromatic rings. The zero-order chi connectivity index (χ0) is 30.2. The van der Waals surface area contributed by atoms with Gasteiger partial charge >= 0.3 is 19.7 Å². The molecule has 0 saturated carbocycles. The summed E-state index contributed by atoms with van der Waals surface area (Å²) in [6, 6.07) is 3.65. The molecule has 1 aliphatic carbocycles. The summed E-state index contributed by atoms with van der Waals surface area (Å²) in [5.74, 6) is -0.344. The first-order chi connectivity index (χ1) is 19.1. The summed E-state index contributed by atoms with van der Waals surface area (Å²) in [6.07, 6.45) is 1.70. The minimum absolute atomic E-state index is 0.316. The first-order valence-corrected chi connectivity index (χ1v) is 15.2. The van der Waals surface area contributed by atoms with Crippen molar-refractivity contribution in [2.24, 2.45) is 0 Å². The number of fused-ring (bicyclic) bond motifs is 1. The molecule has 3 aliphatic rings. The number of urea groups is 1. The van der Waals surface area contributed by atoms with E-state index in [0.717, 1.165) is 48.6 Å². The Bertz CT molecular complexity index is 1260. The maximum absolute atomic E-state index is 15.7. The molecule has 0 spiro atoms. The van der Waals surface area contributed by atoms with Crippen LogP contribution in [0.3, 0.4) is 0 Å². The number of alkyl halides is 1. The number of nitrogens with one attached hydrogen (secondary N) is 2. The van der Waals surface area contributed by atoms with Crippen molar-refractivity contribution in [2.75, 3.05) is 6.61 Å². The van der Waals surface area contributed by atoms with Crippen LogP contribution in [0.15, 0.2) is 42.8 Å². The number of carbonyl (C=O) groups is 2. The first-order valence-electron chi connectivity index (χ1n) is 13.6. The molecule has 0 bridgehead atoms. The van der Waals surface area contributed by atoms with E-state index < -0.39 is 62.1 Å². The van der Waals surface area contributed by atoms with Gasteiger partial charge in [0.05, 0.1) is 6.61 Å². The first kappa shape index (κ1) is 31.2. The van der Waals surface area contributed by atoms with E-state index in [9.17, 15) is 19.3 Å². The number of aryl methyl sites for hydroxylation is 1. The molecule has 1 fully saturated rings. The Hall–Kier alpha value is -2.76. The van der Waals surface area contributed by atoms with Gasteiger partial charge in [-0.2, -0.15) is 5.09 Å². The molecular weight excluding hydrogens is 556 g/mol. The molecule has 0 radical (unpaired) electrons. The number of esters is 1. The van der Waals surface area contributed by atoms with E-state index in [0.29, 0.717) is 11.4 Å². The van der Waals surface area contributed by atoms with Crippen molar-refractivity contribution in [1.29, 1.82) is 0 Å². The van der Waals surface area contributed by atoms with E-state index in [1.807, 2.05) is 6.07 Å². The number of aliphatic hydroxyl groups is 1. The number of rotatable bonds is 9. The molecule has 2 heterocycles. The lowest BCUT2D eigenvalue weighted by Crippen LogP contribution is -2.53. The molecule has 2 aliphatic heterocycles. The zero-order valence-electron chi connectivity index (χ0n) is 24.0. The van der Waals surface area contributed by atoms with E-state index in [4.69, 9.17) is 18.5 Å². The number of carbonyl (C=O) groups excluding carboxylic acids is 2. The number of nitrogens with zero attached hydrogens (tertiary/aromatic N) is 1. The van der Waals surface area contributed by atoms with E-state index in [2.05, 4.69) is 17.0 Å². The predicted molar refractivity (Wildman–Crippen MR) is 149 cm³/mol. The summed E-state index contributed by atoms with van der Waals surface area (Å²) in [5, 5.41) is 15.9. The summed E-state index contributed by atoms with van der Waals surface area (Å²) in [4.78, 5) is 26.1. The molecule has 6 atom stereocenters. The Morgan fingerprint density at radius 3 is 2.76 bits per heavy atom. The van der Waals surface area contributed by atoms with Crippen LogP contribution in [0.4, 0.5) is 9.18 Å². The second kappa shape index (κ2) is 11.9. The van der Waals surface area contributed by atoms with Crippen molar-refractivity contribution >= 4 is 19.7 Å². The van der Waals surface area contributed by atoms with Crippen LogP contribution in [-0.2, 0) is 36.2 Å². The van der Waals surface area contributed by atoms with Gasteiger partial charge in [-0.15, -0.1) is 0 Å². The van der Waals surface area contributed by atoms with E-state index in [-0.39, 0.29) is 0 Å². The van der Waals surface area contributed by atoms with Gasteiger partial charge in [0.1, 0.15) is 29.6 Å². The minimum Gasteiger partial charge on any atom is -0.459 e. The lowest BCUT2D eigenvalue weighted by atomic mass is 9.91. The van der Waals surface area contributed by atoms with Crippen molar-refractivity contribution < 1.29 is 42.2 Å². The van der Waals surface area contributed by atoms with Crippen molar-refractivity contribution in [2.45, 2.75) is 96.0 Å². The molecule has 1 saturated heterocycles. The van der Waals surface area contributed by atoms with E-state index in [1.165, 1.54) is 19.2 Å². The number of ether oxygens (including phenoxy) is 2. The van der Waals surface area contributed by atoms with Gasteiger partial charge in [-0.3, -0.25) is 14.2 Å². The lowest BCUT2D eigenvalue weighted by Gasteiger charge is -2.33. The Balaban J connectivity index is 1.55. The largest absolute Gasteiger partial charge is 0.459 e. The van der Waals surface area contributed by atoms with Crippen LogP contribution in [0, 0.1) is 0 Å². The third kappa shape index (κ3) is 7.18. The van der Waals surface area contributed by atoms with Crippen molar-refractivity contribution in [3.63, 3.8) is 0 Å². The fourth-order valence-corrected chi connectivity index (χ4v) is 6.45. The summed E-state index contributed by atoms with van der Waals surface area (Å²) < 4.78 is 52.7. The summed E-state index contributed by atoms with van der Waals surface area (Å²) in [7, 11) is -4.34. The van der Waals surface area contributed by atoms with Gasteiger partial charge in [0.15, 0.2) is 11.9 Å². The molecule has 4 rings (SSSR count). The molecule has 0 aromatic heterocycles. The van der Waals surface area contributed by atoms with Crippen molar-refractivity contribution in [3.8, 4) is 5.75 Å². The van der Waals surface area contributed by atoms with Crippen LogP contribution in [0.1, 0.15) is 58.6 Å². The van der Waals surface area contributed by atoms with Gasteiger partial charge in [-0.05, 0) is 83.6 Å². The highest BCUT2D eigenvalue weighted by Gasteiger charge is 2.57. The fourth-order valence-electron chi connectivity index (χ4n) is 4.92. The molecule has 2 amide bonds. The zero-order valence-corrected chi connectivity index (χ0v) is 24.9. The smallest absolute Gasteiger partial charge is 0.459 e. The van der Waals surface area contributed by atoms with Gasteiger partial charge in [0, 0.05) is 11.9 Å². The van der Waals surface area contributed by atoms with E-state index >= 15 is 4.39 Å². The average Bonchev–Trinajstić information content (AvgIpc) is 3.10. The van der Waals surface area contributed by atoms with Crippen LogP contribution >= 0.6 is 7.75 Å². The van der Waals surface area contributed by atoms with Crippen LogP contribution in [0.2, 0.25) is 0 Å². The normalized spacial score (nSPS) is 28.5. The lowest BCUT2D eigenvalue weighted by molar-refractivity contribution is -0.156. The highest BCUT2D eigenvalue weighted by atomic mass is 31.2. The molecule has 226 valence electrons. The average molecular weight is 596 g/mol. The topological polar surface area (TPSA) is 136 Å². The molecular formula is C28H39FN3O8P. The van der Waals surface area contributed by atoms with E-state index in [1.54, 1.807) is 32.9 Å². The van der Waals surface area contributed by atoms with Crippen LogP contribution < -0.4 is 14.9 Å². The Morgan fingerprint density at radius 2 is 2.07 bits per heavy atom. The number of allylic oxidation sites excluding steroid dienone is 1. The van der Waals surface area contributed by atoms with Crippen molar-refractivity contribution in [1.82, 2.24) is 15.3 Å². The van der Waals surface area contributed by atoms with Crippen LogP contribution in [-0.4, -0.2) is 64.4 Å². The Kier molecular flexibility index (Phi) is 9.01. The van der Waals surface area contributed by atoms with Gasteiger partial charge in [0.2, 0.25) is 0 Å². The van der Waals surface area contributed by atoms with Gasteiger partial charge < -0.3 is 24.4 Å². The van der Waals surface area contributed by atoms with Gasteiger partial charge in [-0.25, -0.2) is 13.8 Å². The Morgan fingerprint density at radius 1 is 1.37 bits per heavy atom. The number of hydrogen-bond donors (Lipinski definition) is 3. The molecule has 1 aromatic carbocycles. The highest BCUT2D eigenvalue weighted by molar-refractivity contribution is 7.52. The monoisotopic (exact) mass is 595 g/mol. The third-order valence-corrected chi connectivity index (χ3v) is 8.63. The minimum atomic E-state index is -4.34. The second-order valence-electron chi connectivity index (χ2n) is 11.7. The summed E-state index contributed by atoms with van der Waals surface area (Å²) in [6.45, 7) is 10.7. The molecule has 13 heteroatoms. The van der Waals surface area contributed by atoms with Gasteiger partial charge in [-0.1, -0.05) is 18.7 Å². The standard InChI is InChI=1S/C28H39FN3O8P/c1-17-14-15-32(26(35)30-17)25-28(6,29)23(33)22(38-25)16-37-41(36,31-18(2)24(34)39-27(3,4)5)40-21-13-9-11-19-10-7-8-12-20(19)21/h9,11,13-15,18,22-23,25,33H,1,7-8,10,12,16H2,2-6H3,(H,30,35)(H,31,36)/t18-,22+,23+,25+,28+,41?/m0/s1. The van der Waals surface area contributed by atoms with Crippen molar-refractivity contribution in [3.05, 3.63) is 53.9 Å². The fraction of sp³-hybridized carbons (Fsp3) is 0.571. The van der Waals surface area contributed by atoms with Gasteiger partial charge in [0.25, 0.3) is 0 Å². The maximum Gasteiger partial charge on any atom is 0.459 e. The summed E-state index contributed by atoms with van der Waals surface area (Å²) >= 11 is 0. The highest BCUT2D eigenvalue weighted by Crippen LogP contribution is 2.48. The number of halogens is 1.